The molecule has 3 aromatic rings. The first-order valence-electron chi connectivity index (χ1n) is 8.90. The Morgan fingerprint density at radius 3 is 2.79 bits per heavy atom. The molecule has 1 atom stereocenters. The molecule has 0 radical (unpaired) electrons. The predicted molar refractivity (Wildman–Crippen MR) is 110 cm³/mol. The van der Waals surface area contributed by atoms with Crippen molar-refractivity contribution >= 4 is 37.4 Å². The quantitative estimate of drug-likeness (QED) is 0.237. The van der Waals surface area contributed by atoms with Crippen LogP contribution in [0.1, 0.15) is 35.0 Å². The van der Waals surface area contributed by atoms with Crippen molar-refractivity contribution in [2.75, 3.05) is 0 Å². The SMILES string of the molecule is NC(=NO)c1cccc(CC(NS(=O)(=O)C2CC2)c2nc3ccccc3s2)c1. The predicted octanol–water partition coefficient (Wildman–Crippen LogP) is 2.76. The number of nitrogens with zero attached hydrogens (tertiary/aromatic N) is 2. The molecular weight excluding hydrogens is 396 g/mol. The van der Waals surface area contributed by atoms with Gasteiger partial charge in [0.1, 0.15) is 5.01 Å². The van der Waals surface area contributed by atoms with Gasteiger partial charge in [0.05, 0.1) is 21.5 Å². The molecule has 4 rings (SSSR count). The minimum absolute atomic E-state index is 0.0111. The van der Waals surface area contributed by atoms with Crippen molar-refractivity contribution in [3.05, 3.63) is 64.7 Å². The third kappa shape index (κ3) is 4.01. The highest BCUT2D eigenvalue weighted by atomic mass is 32.2. The van der Waals surface area contributed by atoms with E-state index in [0.29, 0.717) is 24.8 Å². The average molecular weight is 417 g/mol. The van der Waals surface area contributed by atoms with Crippen LogP contribution in [-0.4, -0.2) is 29.7 Å². The Labute approximate surface area is 167 Å². The molecule has 0 saturated heterocycles. The van der Waals surface area contributed by atoms with Crippen LogP contribution in [0.3, 0.4) is 0 Å². The molecule has 1 heterocycles. The van der Waals surface area contributed by atoms with Crippen molar-refractivity contribution in [2.24, 2.45) is 10.9 Å². The van der Waals surface area contributed by atoms with Crippen molar-refractivity contribution in [1.29, 1.82) is 0 Å². The number of sulfonamides is 1. The molecule has 1 aliphatic rings. The normalized spacial score (nSPS) is 16.4. The number of hydrogen-bond donors (Lipinski definition) is 3. The van der Waals surface area contributed by atoms with Gasteiger partial charge in [-0.1, -0.05) is 35.5 Å². The number of fused-ring (bicyclic) bond motifs is 1. The fourth-order valence-electron chi connectivity index (χ4n) is 3.04. The Morgan fingerprint density at radius 2 is 2.07 bits per heavy atom. The lowest BCUT2D eigenvalue weighted by molar-refractivity contribution is 0.318. The summed E-state index contributed by atoms with van der Waals surface area (Å²) in [6.45, 7) is 0. The van der Waals surface area contributed by atoms with Gasteiger partial charge in [0.2, 0.25) is 10.0 Å². The van der Waals surface area contributed by atoms with Gasteiger partial charge in [0.15, 0.2) is 5.84 Å². The average Bonchev–Trinajstić information content (AvgIpc) is 3.47. The van der Waals surface area contributed by atoms with E-state index in [1.165, 1.54) is 11.3 Å². The summed E-state index contributed by atoms with van der Waals surface area (Å²) in [5, 5.41) is 12.3. The van der Waals surface area contributed by atoms with Crippen LogP contribution in [0.4, 0.5) is 0 Å². The van der Waals surface area contributed by atoms with Gasteiger partial charge in [-0.2, -0.15) is 0 Å². The molecule has 28 heavy (non-hydrogen) atoms. The number of nitrogens with two attached hydrogens (primary N) is 1. The van der Waals surface area contributed by atoms with E-state index >= 15 is 0 Å². The molecular formula is C19H20N4O3S2. The number of aromatic nitrogens is 1. The third-order valence-corrected chi connectivity index (χ3v) is 7.76. The Kier molecular flexibility index (Phi) is 5.05. The van der Waals surface area contributed by atoms with E-state index in [0.717, 1.165) is 20.8 Å². The van der Waals surface area contributed by atoms with Crippen molar-refractivity contribution in [3.63, 3.8) is 0 Å². The van der Waals surface area contributed by atoms with E-state index in [1.807, 2.05) is 30.3 Å². The molecule has 4 N–H and O–H groups in total. The Hall–Kier alpha value is -2.49. The second-order valence-corrected chi connectivity index (χ2v) is 9.88. The van der Waals surface area contributed by atoms with Crippen LogP contribution in [0.25, 0.3) is 10.2 Å². The highest BCUT2D eigenvalue weighted by Crippen LogP contribution is 2.33. The van der Waals surface area contributed by atoms with Gasteiger partial charge in [0, 0.05) is 5.56 Å². The van der Waals surface area contributed by atoms with Crippen molar-refractivity contribution in [1.82, 2.24) is 9.71 Å². The number of para-hydroxylation sites is 1. The highest BCUT2D eigenvalue weighted by molar-refractivity contribution is 7.90. The summed E-state index contributed by atoms with van der Waals surface area (Å²) in [6.07, 6.45) is 1.81. The summed E-state index contributed by atoms with van der Waals surface area (Å²) in [6, 6.07) is 14.5. The van der Waals surface area contributed by atoms with Crippen molar-refractivity contribution < 1.29 is 13.6 Å². The number of hydrogen-bond acceptors (Lipinski definition) is 6. The van der Waals surface area contributed by atoms with E-state index in [1.54, 1.807) is 18.2 Å². The van der Waals surface area contributed by atoms with Crippen molar-refractivity contribution in [2.45, 2.75) is 30.6 Å². The van der Waals surface area contributed by atoms with Gasteiger partial charge in [-0.25, -0.2) is 18.1 Å². The van der Waals surface area contributed by atoms with Crippen LogP contribution >= 0.6 is 11.3 Å². The summed E-state index contributed by atoms with van der Waals surface area (Å²) in [5.41, 5.74) is 7.98. The molecule has 1 aromatic heterocycles. The molecule has 146 valence electrons. The lowest BCUT2D eigenvalue weighted by atomic mass is 10.0. The number of oxime groups is 1. The van der Waals surface area contributed by atoms with Gasteiger partial charge in [-0.15, -0.1) is 11.3 Å². The maximum absolute atomic E-state index is 12.6. The molecule has 2 aromatic carbocycles. The minimum Gasteiger partial charge on any atom is -0.409 e. The number of amidine groups is 1. The maximum Gasteiger partial charge on any atom is 0.215 e. The monoisotopic (exact) mass is 416 g/mol. The van der Waals surface area contributed by atoms with Gasteiger partial charge in [-0.05, 0) is 43.0 Å². The number of benzene rings is 2. The Bertz CT molecular complexity index is 1100. The molecule has 0 aliphatic heterocycles. The van der Waals surface area contributed by atoms with Crippen molar-refractivity contribution in [3.8, 4) is 0 Å². The molecule has 9 heteroatoms. The lowest BCUT2D eigenvalue weighted by Crippen LogP contribution is -2.32. The lowest BCUT2D eigenvalue weighted by Gasteiger charge is -2.17. The zero-order valence-corrected chi connectivity index (χ0v) is 16.6. The number of nitrogens with one attached hydrogen (secondary N) is 1. The third-order valence-electron chi connectivity index (χ3n) is 4.65. The standard InChI is InChI=1S/C19H20N4O3S2/c20-18(22-24)13-5-3-4-12(10-13)11-16(23-28(25,26)14-8-9-14)19-21-15-6-1-2-7-17(15)27-19/h1-7,10,14,16,23-24H,8-9,11H2,(H2,20,22). The van der Waals surface area contributed by atoms with Crippen LogP contribution in [0.2, 0.25) is 0 Å². The summed E-state index contributed by atoms with van der Waals surface area (Å²) in [5.74, 6) is 0.0111. The smallest absolute Gasteiger partial charge is 0.215 e. The fourth-order valence-corrected chi connectivity index (χ4v) is 5.68. The topological polar surface area (TPSA) is 118 Å². The van der Waals surface area contributed by atoms with E-state index in [4.69, 9.17) is 10.9 Å². The van der Waals surface area contributed by atoms with Crippen LogP contribution in [0.15, 0.2) is 53.7 Å². The van der Waals surface area contributed by atoms with Gasteiger partial charge in [0.25, 0.3) is 0 Å². The number of rotatable bonds is 7. The van der Waals surface area contributed by atoms with E-state index in [9.17, 15) is 8.42 Å². The molecule has 0 bridgehead atoms. The molecule has 0 amide bonds. The Balaban J connectivity index is 1.68. The van der Waals surface area contributed by atoms with Crippen LogP contribution in [0, 0.1) is 0 Å². The molecule has 0 spiro atoms. The van der Waals surface area contributed by atoms with Crippen LogP contribution in [0.5, 0.6) is 0 Å². The van der Waals surface area contributed by atoms with E-state index < -0.39 is 16.1 Å². The fraction of sp³-hybridized carbons (Fsp3) is 0.263. The van der Waals surface area contributed by atoms with Gasteiger partial charge < -0.3 is 10.9 Å². The first-order valence-corrected chi connectivity index (χ1v) is 11.3. The molecule has 1 fully saturated rings. The zero-order chi connectivity index (χ0) is 19.7. The van der Waals surface area contributed by atoms with E-state index in [-0.39, 0.29) is 11.1 Å². The first-order chi connectivity index (χ1) is 13.5. The van der Waals surface area contributed by atoms with Gasteiger partial charge >= 0.3 is 0 Å². The minimum atomic E-state index is -3.39. The summed E-state index contributed by atoms with van der Waals surface area (Å²) in [4.78, 5) is 4.65. The van der Waals surface area contributed by atoms with Gasteiger partial charge in [-0.3, -0.25) is 0 Å². The van der Waals surface area contributed by atoms with Crippen LogP contribution < -0.4 is 10.5 Å². The van der Waals surface area contributed by atoms with Crippen LogP contribution in [-0.2, 0) is 16.4 Å². The first kappa shape index (κ1) is 18.9. The summed E-state index contributed by atoms with van der Waals surface area (Å²) < 4.78 is 29.1. The molecule has 1 saturated carbocycles. The number of thiazole rings is 1. The highest BCUT2D eigenvalue weighted by Gasteiger charge is 2.37. The van der Waals surface area contributed by atoms with E-state index in [2.05, 4.69) is 14.9 Å². The molecule has 7 nitrogen and oxygen atoms in total. The summed E-state index contributed by atoms with van der Waals surface area (Å²) in [7, 11) is -3.39. The largest absolute Gasteiger partial charge is 0.409 e. The molecule has 1 aliphatic carbocycles. The zero-order valence-electron chi connectivity index (χ0n) is 14.9. The Morgan fingerprint density at radius 1 is 1.29 bits per heavy atom. The second kappa shape index (κ2) is 7.50. The molecule has 1 unspecified atom stereocenters. The second-order valence-electron chi connectivity index (χ2n) is 6.82. The maximum atomic E-state index is 12.6. The summed E-state index contributed by atoms with van der Waals surface area (Å²) >= 11 is 1.49.